The third-order valence-electron chi connectivity index (χ3n) is 6.90. The van der Waals surface area contributed by atoms with Gasteiger partial charge in [-0.25, -0.2) is 18.4 Å². The van der Waals surface area contributed by atoms with Gasteiger partial charge < -0.3 is 14.2 Å². The Balaban J connectivity index is 1.78. The summed E-state index contributed by atoms with van der Waals surface area (Å²) in [5.74, 6) is 1.66. The van der Waals surface area contributed by atoms with Gasteiger partial charge in [-0.1, -0.05) is 13.0 Å². The van der Waals surface area contributed by atoms with Crippen LogP contribution in [0.4, 0.5) is 0 Å². The monoisotopic (exact) mass is 515 g/mol. The fraction of sp³-hybridized carbons (Fsp3) is 0.520. The number of benzene rings is 1. The average molecular weight is 516 g/mol. The summed E-state index contributed by atoms with van der Waals surface area (Å²) >= 11 is 0. The summed E-state index contributed by atoms with van der Waals surface area (Å²) < 4.78 is 46.1. The van der Waals surface area contributed by atoms with E-state index in [9.17, 15) is 8.42 Å². The largest absolute Gasteiger partial charge is 0.494 e. The van der Waals surface area contributed by atoms with Crippen molar-refractivity contribution in [2.24, 2.45) is 0 Å². The molecule has 3 aromatic rings. The highest BCUT2D eigenvalue weighted by atomic mass is 32.2. The zero-order chi connectivity index (χ0) is 26.0. The van der Waals surface area contributed by atoms with E-state index < -0.39 is 21.0 Å². The maximum absolute atomic E-state index is 13.6. The molecule has 0 saturated carbocycles. The van der Waals surface area contributed by atoms with E-state index >= 15 is 0 Å². The van der Waals surface area contributed by atoms with Crippen LogP contribution in [0.2, 0.25) is 0 Å². The minimum Gasteiger partial charge on any atom is -0.494 e. The van der Waals surface area contributed by atoms with Crippen LogP contribution in [0.5, 0.6) is 11.5 Å². The van der Waals surface area contributed by atoms with Gasteiger partial charge in [0, 0.05) is 30.8 Å². The van der Waals surface area contributed by atoms with Crippen molar-refractivity contribution in [3.8, 4) is 17.2 Å². The lowest BCUT2D eigenvalue weighted by atomic mass is 10.0. The van der Waals surface area contributed by atoms with E-state index in [0.29, 0.717) is 35.4 Å². The second-order valence-corrected chi connectivity index (χ2v) is 11.6. The molecule has 1 aliphatic heterocycles. The Bertz CT molecular complexity index is 1290. The first-order valence-corrected chi connectivity index (χ1v) is 13.7. The van der Waals surface area contributed by atoms with Gasteiger partial charge in [0.2, 0.25) is 0 Å². The molecule has 10 nitrogen and oxygen atoms in total. The van der Waals surface area contributed by atoms with Crippen LogP contribution in [0.25, 0.3) is 5.69 Å². The van der Waals surface area contributed by atoms with Crippen molar-refractivity contribution in [2.45, 2.75) is 63.1 Å². The van der Waals surface area contributed by atoms with E-state index in [1.54, 1.807) is 50.2 Å². The van der Waals surface area contributed by atoms with Crippen LogP contribution in [0.1, 0.15) is 62.1 Å². The van der Waals surface area contributed by atoms with Gasteiger partial charge in [0.25, 0.3) is 0 Å². The predicted molar refractivity (Wildman–Crippen MR) is 135 cm³/mol. The van der Waals surface area contributed by atoms with Crippen molar-refractivity contribution >= 4 is 9.84 Å². The van der Waals surface area contributed by atoms with Crippen molar-refractivity contribution in [2.75, 3.05) is 20.8 Å². The van der Waals surface area contributed by atoms with Crippen LogP contribution >= 0.6 is 0 Å². The van der Waals surface area contributed by atoms with Gasteiger partial charge in [-0.05, 0) is 44.9 Å². The van der Waals surface area contributed by atoms with Gasteiger partial charge >= 0.3 is 0 Å². The minimum absolute atomic E-state index is 0.0547. The molecule has 0 N–H and O–H groups in total. The Morgan fingerprint density at radius 1 is 1.11 bits per heavy atom. The molecule has 0 spiro atoms. The number of sulfone groups is 1. The highest BCUT2D eigenvalue weighted by Crippen LogP contribution is 2.39. The quantitative estimate of drug-likeness (QED) is 0.422. The topological polar surface area (TPSA) is 118 Å². The Kier molecular flexibility index (Phi) is 7.60. The molecule has 1 fully saturated rings. The van der Waals surface area contributed by atoms with Gasteiger partial charge in [0.1, 0.15) is 34.6 Å². The summed E-state index contributed by atoms with van der Waals surface area (Å²) in [5, 5.41) is 8.09. The van der Waals surface area contributed by atoms with Crippen molar-refractivity contribution < 1.29 is 22.6 Å². The van der Waals surface area contributed by atoms with Crippen LogP contribution < -0.4 is 9.47 Å². The number of nitrogens with zero attached hydrogens (tertiary/aromatic N) is 5. The Hall–Kier alpha value is -3.05. The number of aromatic nitrogens is 5. The second kappa shape index (κ2) is 10.5. The number of hydrogen-bond donors (Lipinski definition) is 0. The molecule has 0 aliphatic carbocycles. The van der Waals surface area contributed by atoms with Crippen LogP contribution in [0, 0.1) is 6.92 Å². The first-order valence-electron chi connectivity index (χ1n) is 11.9. The number of ether oxygens (including phenoxy) is 3. The zero-order valence-electron chi connectivity index (χ0n) is 21.5. The molecule has 194 valence electrons. The van der Waals surface area contributed by atoms with Crippen LogP contribution in [0.3, 0.4) is 0 Å². The van der Waals surface area contributed by atoms with E-state index in [1.165, 1.54) is 0 Å². The van der Waals surface area contributed by atoms with Crippen molar-refractivity contribution in [3.05, 3.63) is 53.6 Å². The lowest BCUT2D eigenvalue weighted by Crippen LogP contribution is -2.28. The number of methoxy groups -OCH3 is 2. The smallest absolute Gasteiger partial charge is 0.160 e. The van der Waals surface area contributed by atoms with Crippen LogP contribution in [0.15, 0.2) is 30.6 Å². The van der Waals surface area contributed by atoms with Crippen LogP contribution in [-0.2, 0) is 20.3 Å². The SMILES string of the molecule is COc1cccc(OC)c1-n1c(CS(=O)(=O)[C@@H](C)[C@H](C)c2ncc(C)cn2)nnc1[C@@H]1CCO[C@H]1C. The van der Waals surface area contributed by atoms with E-state index in [0.717, 1.165) is 12.0 Å². The predicted octanol–water partition coefficient (Wildman–Crippen LogP) is 3.38. The number of para-hydroxylation sites is 1. The molecule has 2 aromatic heterocycles. The highest BCUT2D eigenvalue weighted by Gasteiger charge is 2.36. The molecular formula is C25H33N5O5S. The average Bonchev–Trinajstić information content (AvgIpc) is 3.47. The van der Waals surface area contributed by atoms with E-state index in [1.807, 2.05) is 26.8 Å². The second-order valence-electron chi connectivity index (χ2n) is 9.21. The molecule has 1 aromatic carbocycles. The number of hydrogen-bond acceptors (Lipinski definition) is 9. The maximum atomic E-state index is 13.6. The molecular weight excluding hydrogens is 482 g/mol. The molecule has 3 heterocycles. The van der Waals surface area contributed by atoms with Gasteiger partial charge in [0.05, 0.1) is 25.6 Å². The molecule has 1 aliphatic rings. The molecule has 0 bridgehead atoms. The number of rotatable bonds is 9. The Labute approximate surface area is 212 Å². The Morgan fingerprint density at radius 3 is 2.31 bits per heavy atom. The molecule has 0 radical (unpaired) electrons. The first-order chi connectivity index (χ1) is 17.2. The van der Waals surface area contributed by atoms with E-state index in [2.05, 4.69) is 20.2 Å². The highest BCUT2D eigenvalue weighted by molar-refractivity contribution is 7.91. The lowest BCUT2D eigenvalue weighted by molar-refractivity contribution is 0.117. The summed E-state index contributed by atoms with van der Waals surface area (Å²) in [6, 6.07) is 5.41. The van der Waals surface area contributed by atoms with Crippen molar-refractivity contribution in [1.82, 2.24) is 24.7 Å². The molecule has 36 heavy (non-hydrogen) atoms. The van der Waals surface area contributed by atoms with Gasteiger partial charge in [-0.2, -0.15) is 0 Å². The maximum Gasteiger partial charge on any atom is 0.160 e. The standard InChI is InChI=1S/C25H33N5O5S/c1-15-12-26-24(27-13-15)16(2)18(4)36(31,32)14-22-28-29-25(19-10-11-35-17(19)3)30(22)23-20(33-5)8-7-9-21(23)34-6/h7-9,12-13,16-19H,10-11,14H2,1-6H3/t16-,17-,18-,19+/m0/s1. The van der Waals surface area contributed by atoms with Crippen LogP contribution in [-0.4, -0.2) is 65.3 Å². The molecule has 0 amide bonds. The zero-order valence-corrected chi connectivity index (χ0v) is 22.3. The molecule has 1 saturated heterocycles. The minimum atomic E-state index is -3.68. The van der Waals surface area contributed by atoms with Gasteiger partial charge in [-0.15, -0.1) is 10.2 Å². The third kappa shape index (κ3) is 4.94. The molecule has 4 atom stereocenters. The van der Waals surface area contributed by atoms with Gasteiger partial charge in [-0.3, -0.25) is 4.57 Å². The van der Waals surface area contributed by atoms with Crippen molar-refractivity contribution in [3.63, 3.8) is 0 Å². The van der Waals surface area contributed by atoms with Gasteiger partial charge in [0.15, 0.2) is 15.7 Å². The molecule has 0 unspecified atom stereocenters. The molecule has 11 heteroatoms. The molecule has 4 rings (SSSR count). The summed E-state index contributed by atoms with van der Waals surface area (Å²) in [6.45, 7) is 7.98. The first kappa shape index (κ1) is 26.0. The summed E-state index contributed by atoms with van der Waals surface area (Å²) in [5.41, 5.74) is 1.48. The summed E-state index contributed by atoms with van der Waals surface area (Å²) in [6.07, 6.45) is 4.05. The normalized spacial score (nSPS) is 19.7. The van der Waals surface area contributed by atoms with E-state index in [-0.39, 0.29) is 23.6 Å². The van der Waals surface area contributed by atoms with E-state index in [4.69, 9.17) is 14.2 Å². The lowest BCUT2D eigenvalue weighted by Gasteiger charge is -2.22. The number of aryl methyl sites for hydroxylation is 1. The fourth-order valence-corrected chi connectivity index (χ4v) is 6.05. The Morgan fingerprint density at radius 2 is 1.75 bits per heavy atom. The van der Waals surface area contributed by atoms with Crippen molar-refractivity contribution in [1.29, 1.82) is 0 Å². The summed E-state index contributed by atoms with van der Waals surface area (Å²) in [7, 11) is -0.559. The summed E-state index contributed by atoms with van der Waals surface area (Å²) in [4.78, 5) is 8.68. The third-order valence-corrected chi connectivity index (χ3v) is 9.10. The fourth-order valence-electron chi connectivity index (χ4n) is 4.50.